The van der Waals surface area contributed by atoms with Gasteiger partial charge in [-0.15, -0.1) is 0 Å². The lowest BCUT2D eigenvalue weighted by Crippen LogP contribution is -2.42. The van der Waals surface area contributed by atoms with E-state index in [0.29, 0.717) is 5.75 Å². The van der Waals surface area contributed by atoms with Crippen molar-refractivity contribution in [3.05, 3.63) is 11.6 Å². The molecule has 4 nitrogen and oxygen atoms in total. The number of carbonyl (C=O) groups is 1. The van der Waals surface area contributed by atoms with Crippen LogP contribution in [0.2, 0.25) is 0 Å². The SMILES string of the molecule is CC(C)(C)NC(=O)Oc1cnsc1. The van der Waals surface area contributed by atoms with Crippen molar-refractivity contribution in [2.75, 3.05) is 0 Å². The Balaban J connectivity index is 2.43. The monoisotopic (exact) mass is 200 g/mol. The number of nitrogens with one attached hydrogen (secondary N) is 1. The number of hydrogen-bond donors (Lipinski definition) is 1. The topological polar surface area (TPSA) is 51.2 Å². The average Bonchev–Trinajstić information content (AvgIpc) is 2.34. The van der Waals surface area contributed by atoms with Crippen LogP contribution >= 0.6 is 11.5 Å². The Kier molecular flexibility index (Phi) is 2.87. The van der Waals surface area contributed by atoms with Crippen molar-refractivity contribution in [1.29, 1.82) is 0 Å². The van der Waals surface area contributed by atoms with Crippen LogP contribution in [0.5, 0.6) is 5.75 Å². The van der Waals surface area contributed by atoms with E-state index in [1.807, 2.05) is 20.8 Å². The van der Waals surface area contributed by atoms with Crippen LogP contribution in [-0.4, -0.2) is 16.0 Å². The van der Waals surface area contributed by atoms with Gasteiger partial charge in [-0.25, -0.2) is 4.79 Å². The van der Waals surface area contributed by atoms with Gasteiger partial charge in [0.15, 0.2) is 5.75 Å². The number of aromatic nitrogens is 1. The van der Waals surface area contributed by atoms with Gasteiger partial charge >= 0.3 is 6.09 Å². The van der Waals surface area contributed by atoms with Crippen molar-refractivity contribution in [1.82, 2.24) is 9.69 Å². The summed E-state index contributed by atoms with van der Waals surface area (Å²) in [4.78, 5) is 11.2. The predicted octanol–water partition coefficient (Wildman–Crippen LogP) is 2.03. The first kappa shape index (κ1) is 9.98. The fourth-order valence-corrected chi connectivity index (χ4v) is 1.12. The third kappa shape index (κ3) is 3.89. The number of rotatable bonds is 1. The summed E-state index contributed by atoms with van der Waals surface area (Å²) in [7, 11) is 0. The molecule has 0 fully saturated rings. The van der Waals surface area contributed by atoms with Gasteiger partial charge in [0, 0.05) is 5.54 Å². The van der Waals surface area contributed by atoms with Crippen molar-refractivity contribution < 1.29 is 9.53 Å². The van der Waals surface area contributed by atoms with E-state index >= 15 is 0 Å². The summed E-state index contributed by atoms with van der Waals surface area (Å²) in [6, 6.07) is 0. The molecular formula is C8H12N2O2S. The Morgan fingerprint density at radius 2 is 2.31 bits per heavy atom. The Bertz CT molecular complexity index is 277. The molecule has 1 aromatic rings. The molecule has 0 saturated carbocycles. The van der Waals surface area contributed by atoms with Crippen LogP contribution < -0.4 is 10.1 Å². The maximum absolute atomic E-state index is 11.2. The first-order chi connectivity index (χ1) is 5.97. The van der Waals surface area contributed by atoms with Gasteiger partial charge in [0.2, 0.25) is 0 Å². The van der Waals surface area contributed by atoms with Crippen LogP contribution in [0.3, 0.4) is 0 Å². The minimum absolute atomic E-state index is 0.277. The molecule has 1 N–H and O–H groups in total. The second kappa shape index (κ2) is 3.74. The third-order valence-corrected chi connectivity index (χ3v) is 1.66. The van der Waals surface area contributed by atoms with Gasteiger partial charge in [-0.2, -0.15) is 4.37 Å². The molecule has 1 aromatic heterocycles. The Morgan fingerprint density at radius 1 is 1.62 bits per heavy atom. The molecule has 1 heterocycles. The zero-order valence-corrected chi connectivity index (χ0v) is 8.64. The summed E-state index contributed by atoms with van der Waals surface area (Å²) in [6.45, 7) is 5.67. The van der Waals surface area contributed by atoms with Crippen LogP contribution in [0.4, 0.5) is 4.79 Å². The van der Waals surface area contributed by atoms with Crippen molar-refractivity contribution in [2.45, 2.75) is 26.3 Å². The highest BCUT2D eigenvalue weighted by atomic mass is 32.1. The molecule has 0 aromatic carbocycles. The Hall–Kier alpha value is -1.10. The Labute approximate surface area is 81.1 Å². The first-order valence-electron chi connectivity index (χ1n) is 3.87. The molecule has 0 aliphatic heterocycles. The molecule has 0 radical (unpaired) electrons. The fraction of sp³-hybridized carbons (Fsp3) is 0.500. The van der Waals surface area contributed by atoms with Gasteiger partial charge in [-0.05, 0) is 32.3 Å². The van der Waals surface area contributed by atoms with Crippen molar-refractivity contribution in [3.8, 4) is 5.75 Å². The zero-order chi connectivity index (χ0) is 9.90. The number of hydrogen-bond acceptors (Lipinski definition) is 4. The maximum Gasteiger partial charge on any atom is 0.413 e. The van der Waals surface area contributed by atoms with E-state index in [1.54, 1.807) is 5.38 Å². The highest BCUT2D eigenvalue weighted by Gasteiger charge is 2.15. The van der Waals surface area contributed by atoms with E-state index in [-0.39, 0.29) is 5.54 Å². The summed E-state index contributed by atoms with van der Waals surface area (Å²) < 4.78 is 8.74. The number of carbonyl (C=O) groups excluding carboxylic acids is 1. The molecule has 1 amide bonds. The minimum Gasteiger partial charge on any atom is -0.408 e. The lowest BCUT2D eigenvalue weighted by atomic mass is 10.1. The highest BCUT2D eigenvalue weighted by molar-refractivity contribution is 7.03. The molecule has 72 valence electrons. The molecule has 1 rings (SSSR count). The Morgan fingerprint density at radius 3 is 2.77 bits per heavy atom. The minimum atomic E-state index is -0.451. The van der Waals surface area contributed by atoms with Crippen molar-refractivity contribution in [2.24, 2.45) is 0 Å². The molecular weight excluding hydrogens is 188 g/mol. The maximum atomic E-state index is 11.2. The van der Waals surface area contributed by atoms with E-state index in [4.69, 9.17) is 4.74 Å². The van der Waals surface area contributed by atoms with Crippen LogP contribution in [0.15, 0.2) is 11.6 Å². The predicted molar refractivity (Wildman–Crippen MR) is 51.0 cm³/mol. The second-order valence-corrected chi connectivity index (χ2v) is 4.28. The standard InChI is InChI=1S/C8H12N2O2S/c1-8(2,3)10-7(11)12-6-4-9-13-5-6/h4-5H,1-3H3,(H,10,11). The van der Waals surface area contributed by atoms with Crippen molar-refractivity contribution >= 4 is 17.6 Å². The molecule has 0 bridgehead atoms. The molecule has 0 aliphatic carbocycles. The quantitative estimate of drug-likeness (QED) is 0.754. The lowest BCUT2D eigenvalue weighted by molar-refractivity contribution is 0.191. The van der Waals surface area contributed by atoms with Crippen LogP contribution in [0.25, 0.3) is 0 Å². The van der Waals surface area contributed by atoms with Gasteiger partial charge in [0.25, 0.3) is 0 Å². The van der Waals surface area contributed by atoms with E-state index < -0.39 is 6.09 Å². The summed E-state index contributed by atoms with van der Waals surface area (Å²) >= 11 is 1.24. The fourth-order valence-electron chi connectivity index (χ4n) is 0.684. The molecule has 0 unspecified atom stereocenters. The summed E-state index contributed by atoms with van der Waals surface area (Å²) in [5.41, 5.74) is -0.277. The van der Waals surface area contributed by atoms with Crippen LogP contribution in [-0.2, 0) is 0 Å². The van der Waals surface area contributed by atoms with E-state index in [0.717, 1.165) is 0 Å². The molecule has 0 spiro atoms. The van der Waals surface area contributed by atoms with Crippen LogP contribution in [0.1, 0.15) is 20.8 Å². The van der Waals surface area contributed by atoms with Gasteiger partial charge in [-0.3, -0.25) is 0 Å². The van der Waals surface area contributed by atoms with Gasteiger partial charge in [-0.1, -0.05) is 0 Å². The number of amides is 1. The van der Waals surface area contributed by atoms with E-state index in [1.165, 1.54) is 17.7 Å². The molecule has 0 saturated heterocycles. The summed E-state index contributed by atoms with van der Waals surface area (Å²) in [5.74, 6) is 0.478. The van der Waals surface area contributed by atoms with Crippen LogP contribution in [0, 0.1) is 0 Å². The van der Waals surface area contributed by atoms with E-state index in [9.17, 15) is 4.79 Å². The largest absolute Gasteiger partial charge is 0.413 e. The molecule has 5 heteroatoms. The molecule has 0 aliphatic rings. The average molecular weight is 200 g/mol. The molecule has 13 heavy (non-hydrogen) atoms. The highest BCUT2D eigenvalue weighted by Crippen LogP contribution is 2.11. The molecule has 0 atom stereocenters. The first-order valence-corrected chi connectivity index (χ1v) is 4.70. The van der Waals surface area contributed by atoms with Gasteiger partial charge in [0.05, 0.1) is 11.6 Å². The van der Waals surface area contributed by atoms with Crippen molar-refractivity contribution in [3.63, 3.8) is 0 Å². The smallest absolute Gasteiger partial charge is 0.408 e. The second-order valence-electron chi connectivity index (χ2n) is 3.62. The normalized spacial score (nSPS) is 11.0. The van der Waals surface area contributed by atoms with Gasteiger partial charge < -0.3 is 10.1 Å². The zero-order valence-electron chi connectivity index (χ0n) is 7.83. The van der Waals surface area contributed by atoms with E-state index in [2.05, 4.69) is 9.69 Å². The summed E-state index contributed by atoms with van der Waals surface area (Å²) in [5, 5.41) is 4.34. The third-order valence-electron chi connectivity index (χ3n) is 1.10. The number of nitrogens with zero attached hydrogens (tertiary/aromatic N) is 1. The van der Waals surface area contributed by atoms with Gasteiger partial charge in [0.1, 0.15) is 0 Å². The lowest BCUT2D eigenvalue weighted by Gasteiger charge is -2.19. The summed E-state index contributed by atoms with van der Waals surface area (Å²) in [6.07, 6.45) is 1.06. The number of ether oxygens (including phenoxy) is 1.